The van der Waals surface area contributed by atoms with Crippen molar-refractivity contribution in [1.29, 1.82) is 0 Å². The molecule has 0 fully saturated rings. The maximum absolute atomic E-state index is 14.1. The van der Waals surface area contributed by atoms with E-state index in [0.717, 1.165) is 29.7 Å². The molecule has 0 radical (unpaired) electrons. The van der Waals surface area contributed by atoms with Crippen LogP contribution in [-0.4, -0.2) is 13.7 Å². The van der Waals surface area contributed by atoms with Crippen LogP contribution in [0.15, 0.2) is 36.4 Å². The minimum atomic E-state index is -0.570. The lowest BCUT2D eigenvalue weighted by atomic mass is 9.93. The molecular weight excluding hydrogens is 272 g/mol. The molecule has 0 aromatic heterocycles. The first-order valence-corrected chi connectivity index (χ1v) is 7.08. The lowest BCUT2D eigenvalue weighted by Gasteiger charge is -2.25. The summed E-state index contributed by atoms with van der Waals surface area (Å²) in [6.07, 6.45) is 1.90. The largest absolute Gasteiger partial charge is 0.493 e. The van der Waals surface area contributed by atoms with Crippen LogP contribution in [-0.2, 0) is 6.42 Å². The number of hydrogen-bond donors (Lipinski definition) is 1. The van der Waals surface area contributed by atoms with Gasteiger partial charge in [0.25, 0.3) is 0 Å². The molecule has 0 spiro atoms. The maximum atomic E-state index is 14.1. The van der Waals surface area contributed by atoms with Gasteiger partial charge in [0.1, 0.15) is 17.4 Å². The molecular formula is C17H17F2NO. The highest BCUT2D eigenvalue weighted by Gasteiger charge is 2.25. The summed E-state index contributed by atoms with van der Waals surface area (Å²) < 4.78 is 33.9. The van der Waals surface area contributed by atoms with Gasteiger partial charge >= 0.3 is 0 Å². The van der Waals surface area contributed by atoms with E-state index in [0.29, 0.717) is 6.61 Å². The fourth-order valence-electron chi connectivity index (χ4n) is 2.88. The molecule has 1 unspecified atom stereocenters. The van der Waals surface area contributed by atoms with Crippen LogP contribution in [0.3, 0.4) is 0 Å². The number of rotatable bonds is 3. The van der Waals surface area contributed by atoms with Crippen LogP contribution in [0.2, 0.25) is 0 Å². The van der Waals surface area contributed by atoms with E-state index in [9.17, 15) is 8.78 Å². The van der Waals surface area contributed by atoms with Crippen molar-refractivity contribution in [3.63, 3.8) is 0 Å². The molecule has 4 heteroatoms. The molecule has 1 atom stereocenters. The lowest BCUT2D eigenvalue weighted by Crippen LogP contribution is -2.22. The number of fused-ring (bicyclic) bond motifs is 1. The molecule has 3 rings (SSSR count). The van der Waals surface area contributed by atoms with Gasteiger partial charge in [-0.2, -0.15) is 0 Å². The predicted molar refractivity (Wildman–Crippen MR) is 77.5 cm³/mol. The summed E-state index contributed by atoms with van der Waals surface area (Å²) in [5, 5.41) is 3.01. The van der Waals surface area contributed by atoms with Gasteiger partial charge in [-0.15, -0.1) is 0 Å². The van der Waals surface area contributed by atoms with E-state index < -0.39 is 17.7 Å². The molecule has 1 aliphatic rings. The standard InChI is InChI=1S/C17H17F2NO/c1-20-16(15-13(18)8-3-9-14(15)19)12-7-2-5-11-6-4-10-21-17(11)12/h2-3,5,7-9,16,20H,4,6,10H2,1H3. The highest BCUT2D eigenvalue weighted by Crippen LogP contribution is 2.36. The quantitative estimate of drug-likeness (QED) is 0.932. The number of halogens is 2. The molecule has 1 aliphatic heterocycles. The summed E-state index contributed by atoms with van der Waals surface area (Å²) in [7, 11) is 1.69. The first-order valence-electron chi connectivity index (χ1n) is 7.08. The van der Waals surface area contributed by atoms with Gasteiger partial charge in [-0.05, 0) is 37.6 Å². The minimum Gasteiger partial charge on any atom is -0.493 e. The van der Waals surface area contributed by atoms with Crippen LogP contribution >= 0.6 is 0 Å². The Kier molecular flexibility index (Phi) is 3.88. The Bertz CT molecular complexity index is 637. The summed E-state index contributed by atoms with van der Waals surface area (Å²) in [6.45, 7) is 0.639. The number of nitrogens with one attached hydrogen (secondary N) is 1. The van der Waals surface area contributed by atoms with Gasteiger partial charge in [0.2, 0.25) is 0 Å². The fourth-order valence-corrected chi connectivity index (χ4v) is 2.88. The Labute approximate surface area is 122 Å². The van der Waals surface area contributed by atoms with Crippen molar-refractivity contribution in [3.05, 3.63) is 64.7 Å². The van der Waals surface area contributed by atoms with E-state index in [2.05, 4.69) is 5.32 Å². The van der Waals surface area contributed by atoms with E-state index in [4.69, 9.17) is 4.74 Å². The summed E-state index contributed by atoms with van der Waals surface area (Å²) in [5.41, 5.74) is 1.90. The number of para-hydroxylation sites is 1. The Hall–Kier alpha value is -1.94. The monoisotopic (exact) mass is 289 g/mol. The summed E-state index contributed by atoms with van der Waals surface area (Å²) in [4.78, 5) is 0. The van der Waals surface area contributed by atoms with Crippen molar-refractivity contribution in [2.24, 2.45) is 0 Å². The number of benzene rings is 2. The van der Waals surface area contributed by atoms with Crippen LogP contribution in [0.1, 0.15) is 29.2 Å². The van der Waals surface area contributed by atoms with Gasteiger partial charge in [0.05, 0.1) is 12.6 Å². The molecule has 0 aliphatic carbocycles. The normalized spacial score (nSPS) is 15.2. The van der Waals surface area contributed by atoms with Crippen LogP contribution in [0.5, 0.6) is 5.75 Å². The minimum absolute atomic E-state index is 0.0302. The van der Waals surface area contributed by atoms with Crippen molar-refractivity contribution in [3.8, 4) is 5.75 Å². The van der Waals surface area contributed by atoms with Crippen LogP contribution < -0.4 is 10.1 Å². The summed E-state index contributed by atoms with van der Waals surface area (Å²) >= 11 is 0. The molecule has 2 aromatic carbocycles. The third kappa shape index (κ3) is 2.51. The molecule has 0 bridgehead atoms. The van der Waals surface area contributed by atoms with E-state index in [-0.39, 0.29) is 5.56 Å². The highest BCUT2D eigenvalue weighted by atomic mass is 19.1. The van der Waals surface area contributed by atoms with Gasteiger partial charge in [-0.1, -0.05) is 24.3 Å². The average molecular weight is 289 g/mol. The number of hydrogen-bond acceptors (Lipinski definition) is 2. The lowest BCUT2D eigenvalue weighted by molar-refractivity contribution is 0.283. The second kappa shape index (κ2) is 5.82. The predicted octanol–water partition coefficient (Wildman–Crippen LogP) is 3.60. The van der Waals surface area contributed by atoms with Crippen LogP contribution in [0.25, 0.3) is 0 Å². The number of ether oxygens (including phenoxy) is 1. The van der Waals surface area contributed by atoms with Crippen molar-refractivity contribution >= 4 is 0 Å². The van der Waals surface area contributed by atoms with Gasteiger partial charge in [-0.25, -0.2) is 8.78 Å². The molecule has 1 N–H and O–H groups in total. The first kappa shape index (κ1) is 14.0. The second-order valence-corrected chi connectivity index (χ2v) is 5.14. The number of aryl methyl sites for hydroxylation is 1. The van der Waals surface area contributed by atoms with Gasteiger partial charge in [-0.3, -0.25) is 0 Å². The summed E-state index contributed by atoms with van der Waals surface area (Å²) in [6, 6.07) is 9.13. The molecule has 0 saturated heterocycles. The van der Waals surface area contributed by atoms with Crippen LogP contribution in [0, 0.1) is 11.6 Å². The van der Waals surface area contributed by atoms with Crippen molar-refractivity contribution in [2.45, 2.75) is 18.9 Å². The summed E-state index contributed by atoms with van der Waals surface area (Å²) in [5.74, 6) is -0.351. The zero-order valence-electron chi connectivity index (χ0n) is 11.8. The molecule has 2 nitrogen and oxygen atoms in total. The molecule has 21 heavy (non-hydrogen) atoms. The SMILES string of the molecule is CNC(c1cccc2c1OCCC2)c1c(F)cccc1F. The van der Waals surface area contributed by atoms with E-state index in [1.807, 2.05) is 18.2 Å². The van der Waals surface area contributed by atoms with Gasteiger partial charge in [0.15, 0.2) is 0 Å². The molecule has 110 valence electrons. The Morgan fingerprint density at radius 1 is 1.10 bits per heavy atom. The van der Waals surface area contributed by atoms with Crippen molar-refractivity contribution in [2.75, 3.05) is 13.7 Å². The molecule has 2 aromatic rings. The van der Waals surface area contributed by atoms with Crippen LogP contribution in [0.4, 0.5) is 8.78 Å². The highest BCUT2D eigenvalue weighted by molar-refractivity contribution is 5.48. The zero-order valence-corrected chi connectivity index (χ0v) is 11.8. The van der Waals surface area contributed by atoms with Gasteiger partial charge < -0.3 is 10.1 Å². The smallest absolute Gasteiger partial charge is 0.131 e. The fraction of sp³-hybridized carbons (Fsp3) is 0.294. The third-order valence-electron chi connectivity index (χ3n) is 3.85. The third-order valence-corrected chi connectivity index (χ3v) is 3.85. The second-order valence-electron chi connectivity index (χ2n) is 5.14. The average Bonchev–Trinajstić information content (AvgIpc) is 2.51. The Morgan fingerprint density at radius 3 is 2.52 bits per heavy atom. The van der Waals surface area contributed by atoms with Crippen molar-refractivity contribution < 1.29 is 13.5 Å². The van der Waals surface area contributed by atoms with E-state index in [1.165, 1.54) is 18.2 Å². The van der Waals surface area contributed by atoms with E-state index >= 15 is 0 Å². The maximum Gasteiger partial charge on any atom is 0.131 e. The molecule has 0 saturated carbocycles. The first-order chi connectivity index (χ1) is 10.2. The topological polar surface area (TPSA) is 21.3 Å². The Morgan fingerprint density at radius 2 is 1.81 bits per heavy atom. The zero-order chi connectivity index (χ0) is 14.8. The van der Waals surface area contributed by atoms with Crippen molar-refractivity contribution in [1.82, 2.24) is 5.32 Å². The molecule has 1 heterocycles. The van der Waals surface area contributed by atoms with E-state index in [1.54, 1.807) is 7.05 Å². The Balaban J connectivity index is 2.13. The molecule has 0 amide bonds. The van der Waals surface area contributed by atoms with Gasteiger partial charge in [0, 0.05) is 11.1 Å².